The molecular formula is C36H43F7. The quantitative estimate of drug-likeness (QED) is 0.207. The van der Waals surface area contributed by atoms with Crippen molar-refractivity contribution in [2.45, 2.75) is 121 Å². The predicted octanol–water partition coefficient (Wildman–Crippen LogP) is 12.3. The second-order valence-corrected chi connectivity index (χ2v) is 13.3. The first-order chi connectivity index (χ1) is 20.5. The number of benzene rings is 2. The van der Waals surface area contributed by atoms with E-state index in [0.717, 1.165) is 80.6 Å². The summed E-state index contributed by atoms with van der Waals surface area (Å²) in [7, 11) is 0. The van der Waals surface area contributed by atoms with Crippen molar-refractivity contribution in [3.63, 3.8) is 0 Å². The standard InChI is InChI=1S/C36H43F7/c1-2-3-4-5-22-6-8-25(9-7-22)28-18-30(37)34(31(38)19-28)27-16-14-24(15-17-27)23-10-12-26(13-11-23)29-20-32(39)35(33(40)21-29)36(41,42)43/h16,18-26H,2-15,17H2,1H3. The Morgan fingerprint density at radius 3 is 1.67 bits per heavy atom. The minimum atomic E-state index is -5.07. The van der Waals surface area contributed by atoms with Gasteiger partial charge in [-0.1, -0.05) is 38.7 Å². The van der Waals surface area contributed by atoms with Crippen LogP contribution in [-0.4, -0.2) is 0 Å². The SMILES string of the molecule is CCCCCC1CCC(c2cc(F)c(C3=CCC(C4CCC(c5cc(F)c(C(F)(F)F)c(F)c5)CC4)CC3)c(F)c2)CC1. The molecule has 7 heteroatoms. The Morgan fingerprint density at radius 2 is 1.19 bits per heavy atom. The van der Waals surface area contributed by atoms with Crippen molar-refractivity contribution in [2.24, 2.45) is 17.8 Å². The Hall–Kier alpha value is -2.31. The first-order valence-electron chi connectivity index (χ1n) is 16.3. The van der Waals surface area contributed by atoms with Gasteiger partial charge < -0.3 is 0 Å². The van der Waals surface area contributed by atoms with Crippen molar-refractivity contribution in [3.8, 4) is 0 Å². The van der Waals surface area contributed by atoms with Crippen LogP contribution in [0.2, 0.25) is 0 Å². The van der Waals surface area contributed by atoms with Gasteiger partial charge in [-0.2, -0.15) is 13.2 Å². The summed E-state index contributed by atoms with van der Waals surface area (Å²) in [6.07, 6.45) is 11.2. The highest BCUT2D eigenvalue weighted by Crippen LogP contribution is 2.46. The monoisotopic (exact) mass is 608 g/mol. The summed E-state index contributed by atoms with van der Waals surface area (Å²) < 4.78 is 97.7. The van der Waals surface area contributed by atoms with Crippen LogP contribution in [0.4, 0.5) is 30.7 Å². The number of rotatable bonds is 8. The molecule has 3 aliphatic carbocycles. The van der Waals surface area contributed by atoms with Gasteiger partial charge >= 0.3 is 6.18 Å². The lowest BCUT2D eigenvalue weighted by atomic mass is 9.70. The van der Waals surface area contributed by atoms with E-state index in [9.17, 15) is 22.0 Å². The van der Waals surface area contributed by atoms with E-state index < -0.39 is 35.0 Å². The zero-order valence-corrected chi connectivity index (χ0v) is 25.0. The normalized spacial score (nSPS) is 26.8. The van der Waals surface area contributed by atoms with Crippen molar-refractivity contribution in [1.29, 1.82) is 0 Å². The molecule has 2 aromatic rings. The Bertz CT molecular complexity index is 1230. The van der Waals surface area contributed by atoms with E-state index >= 15 is 8.78 Å². The van der Waals surface area contributed by atoms with Crippen LogP contribution in [0.25, 0.3) is 5.57 Å². The third-order valence-corrected chi connectivity index (χ3v) is 10.6. The van der Waals surface area contributed by atoms with Crippen molar-refractivity contribution in [1.82, 2.24) is 0 Å². The minimum absolute atomic E-state index is 0.102. The van der Waals surface area contributed by atoms with Crippen LogP contribution in [-0.2, 0) is 6.18 Å². The number of hydrogen-bond donors (Lipinski definition) is 0. The third-order valence-electron chi connectivity index (χ3n) is 10.6. The van der Waals surface area contributed by atoms with Gasteiger partial charge in [0, 0.05) is 5.56 Å². The van der Waals surface area contributed by atoms with Crippen molar-refractivity contribution in [2.75, 3.05) is 0 Å². The molecule has 0 bridgehead atoms. The molecule has 1 atom stereocenters. The van der Waals surface area contributed by atoms with Crippen LogP contribution < -0.4 is 0 Å². The molecule has 0 nitrogen and oxygen atoms in total. The van der Waals surface area contributed by atoms with Crippen LogP contribution in [0.3, 0.4) is 0 Å². The van der Waals surface area contributed by atoms with Crippen LogP contribution in [0.1, 0.15) is 137 Å². The van der Waals surface area contributed by atoms with Gasteiger partial charge in [-0.25, -0.2) is 17.6 Å². The molecule has 0 saturated heterocycles. The lowest BCUT2D eigenvalue weighted by Gasteiger charge is -2.36. The molecule has 236 valence electrons. The predicted molar refractivity (Wildman–Crippen MR) is 157 cm³/mol. The van der Waals surface area contributed by atoms with E-state index in [0.29, 0.717) is 31.1 Å². The van der Waals surface area contributed by atoms with E-state index in [1.54, 1.807) is 12.1 Å². The van der Waals surface area contributed by atoms with Gasteiger partial charge in [-0.05, 0) is 141 Å². The second-order valence-electron chi connectivity index (χ2n) is 13.3. The first kappa shape index (κ1) is 32.1. The van der Waals surface area contributed by atoms with Crippen molar-refractivity contribution >= 4 is 5.57 Å². The number of hydrogen-bond acceptors (Lipinski definition) is 0. The molecule has 0 heterocycles. The van der Waals surface area contributed by atoms with E-state index in [1.165, 1.54) is 25.7 Å². The highest BCUT2D eigenvalue weighted by atomic mass is 19.4. The topological polar surface area (TPSA) is 0 Å². The summed E-state index contributed by atoms with van der Waals surface area (Å²) in [5.41, 5.74) is 0.0520. The number of halogens is 7. The molecule has 0 radical (unpaired) electrons. The maximum atomic E-state index is 15.3. The molecule has 5 rings (SSSR count). The first-order valence-corrected chi connectivity index (χ1v) is 16.3. The van der Waals surface area contributed by atoms with Gasteiger partial charge in [0.05, 0.1) is 0 Å². The van der Waals surface area contributed by atoms with Crippen molar-refractivity contribution < 1.29 is 30.7 Å². The minimum Gasteiger partial charge on any atom is -0.206 e. The largest absolute Gasteiger partial charge is 0.422 e. The Kier molecular flexibility index (Phi) is 10.3. The zero-order chi connectivity index (χ0) is 30.7. The van der Waals surface area contributed by atoms with Gasteiger partial charge in [0.25, 0.3) is 0 Å². The van der Waals surface area contributed by atoms with Gasteiger partial charge in [-0.3, -0.25) is 0 Å². The maximum Gasteiger partial charge on any atom is 0.422 e. The summed E-state index contributed by atoms with van der Waals surface area (Å²) >= 11 is 0. The van der Waals surface area contributed by atoms with Gasteiger partial charge in [0.15, 0.2) is 0 Å². The van der Waals surface area contributed by atoms with Gasteiger partial charge in [0.1, 0.15) is 28.8 Å². The summed E-state index contributed by atoms with van der Waals surface area (Å²) in [6.45, 7) is 2.21. The van der Waals surface area contributed by atoms with Crippen molar-refractivity contribution in [3.05, 3.63) is 75.9 Å². The average molecular weight is 609 g/mol. The molecule has 2 fully saturated rings. The molecular weight excluding hydrogens is 565 g/mol. The molecule has 0 N–H and O–H groups in total. The molecule has 1 unspecified atom stereocenters. The molecule has 0 spiro atoms. The molecule has 43 heavy (non-hydrogen) atoms. The highest BCUT2D eigenvalue weighted by Gasteiger charge is 2.39. The summed E-state index contributed by atoms with van der Waals surface area (Å²) in [5.74, 6) is -2.58. The molecule has 0 aliphatic heterocycles. The fourth-order valence-electron chi connectivity index (χ4n) is 8.14. The lowest BCUT2D eigenvalue weighted by molar-refractivity contribution is -0.142. The number of allylic oxidation sites excluding steroid dienone is 2. The number of alkyl halides is 3. The molecule has 3 aliphatic rings. The summed E-state index contributed by atoms with van der Waals surface area (Å²) in [4.78, 5) is 0. The third kappa shape index (κ3) is 7.50. The van der Waals surface area contributed by atoms with Crippen LogP contribution in [0.15, 0.2) is 30.3 Å². The van der Waals surface area contributed by atoms with Gasteiger partial charge in [-0.15, -0.1) is 0 Å². The zero-order valence-electron chi connectivity index (χ0n) is 25.0. The second kappa shape index (κ2) is 13.8. The van der Waals surface area contributed by atoms with E-state index in [4.69, 9.17) is 0 Å². The number of unbranched alkanes of at least 4 members (excludes halogenated alkanes) is 2. The Balaban J connectivity index is 1.16. The molecule has 2 aromatic carbocycles. The van der Waals surface area contributed by atoms with E-state index in [2.05, 4.69) is 6.92 Å². The van der Waals surface area contributed by atoms with E-state index in [1.807, 2.05) is 6.08 Å². The average Bonchev–Trinajstić information content (AvgIpc) is 2.97. The Labute approximate surface area is 251 Å². The maximum absolute atomic E-state index is 15.3. The molecule has 0 amide bonds. The lowest BCUT2D eigenvalue weighted by Crippen LogP contribution is -2.23. The Morgan fingerprint density at radius 1 is 0.651 bits per heavy atom. The van der Waals surface area contributed by atoms with Crippen LogP contribution in [0, 0.1) is 41.0 Å². The molecule has 2 saturated carbocycles. The summed E-state index contributed by atoms with van der Waals surface area (Å²) in [6, 6.07) is 4.78. The fraction of sp³-hybridized carbons (Fsp3) is 0.611. The van der Waals surface area contributed by atoms with Crippen LogP contribution in [0.5, 0.6) is 0 Å². The smallest absolute Gasteiger partial charge is 0.206 e. The van der Waals surface area contributed by atoms with Gasteiger partial charge in [0.2, 0.25) is 0 Å². The molecule has 0 aromatic heterocycles. The highest BCUT2D eigenvalue weighted by molar-refractivity contribution is 5.67. The fourth-order valence-corrected chi connectivity index (χ4v) is 8.14. The summed E-state index contributed by atoms with van der Waals surface area (Å²) in [5, 5.41) is 0. The van der Waals surface area contributed by atoms with E-state index in [-0.39, 0.29) is 23.0 Å². The van der Waals surface area contributed by atoms with Crippen LogP contribution >= 0.6 is 0 Å².